The molecule has 1 saturated carbocycles. The van der Waals surface area contributed by atoms with Crippen molar-refractivity contribution in [1.29, 1.82) is 0 Å². The maximum atomic E-state index is 6.20. The van der Waals surface area contributed by atoms with E-state index in [1.807, 2.05) is 18.2 Å². The first-order valence-electron chi connectivity index (χ1n) is 6.28. The molecule has 0 aliphatic heterocycles. The van der Waals surface area contributed by atoms with Gasteiger partial charge in [-0.15, -0.1) is 0 Å². The zero-order chi connectivity index (χ0) is 12.4. The molecule has 1 N–H and O–H groups in total. The summed E-state index contributed by atoms with van der Waals surface area (Å²) < 4.78 is 0. The topological polar surface area (TPSA) is 12.0 Å². The summed E-state index contributed by atoms with van der Waals surface area (Å²) in [7, 11) is 0. The second-order valence-electron chi connectivity index (χ2n) is 5.25. The van der Waals surface area contributed by atoms with Gasteiger partial charge in [0.25, 0.3) is 0 Å². The molecule has 0 amide bonds. The second kappa shape index (κ2) is 5.49. The average Bonchev–Trinajstić information content (AvgIpc) is 2.30. The Labute approximate surface area is 114 Å². The molecule has 0 bridgehead atoms. The first-order valence-corrected chi connectivity index (χ1v) is 7.04. The molecule has 1 aromatic rings. The summed E-state index contributed by atoms with van der Waals surface area (Å²) in [5.74, 6) is 1.49. The van der Waals surface area contributed by atoms with Crippen molar-refractivity contribution >= 4 is 28.9 Å². The standard InChI is InChI=1S/C14H19Cl2N/c1-9-6-7-10(2)13(8-9)17-12-5-3-4-11(15)14(12)16/h3-5,9-10,13,17H,6-8H2,1-2H3. The Morgan fingerprint density at radius 2 is 1.94 bits per heavy atom. The lowest BCUT2D eigenvalue weighted by Gasteiger charge is -2.34. The van der Waals surface area contributed by atoms with E-state index in [-0.39, 0.29) is 0 Å². The molecule has 17 heavy (non-hydrogen) atoms. The van der Waals surface area contributed by atoms with Crippen LogP contribution in [0.3, 0.4) is 0 Å². The summed E-state index contributed by atoms with van der Waals surface area (Å²) in [5, 5.41) is 4.81. The number of hydrogen-bond acceptors (Lipinski definition) is 1. The third-order valence-corrected chi connectivity index (χ3v) is 4.57. The minimum absolute atomic E-state index is 0.509. The first kappa shape index (κ1) is 13.0. The monoisotopic (exact) mass is 271 g/mol. The molecule has 2 rings (SSSR count). The van der Waals surface area contributed by atoms with Crippen molar-refractivity contribution in [3.63, 3.8) is 0 Å². The average molecular weight is 272 g/mol. The Morgan fingerprint density at radius 1 is 1.18 bits per heavy atom. The van der Waals surface area contributed by atoms with Crippen LogP contribution in [0.4, 0.5) is 5.69 Å². The Morgan fingerprint density at radius 3 is 2.71 bits per heavy atom. The molecule has 1 aromatic carbocycles. The van der Waals surface area contributed by atoms with Crippen LogP contribution in [0.25, 0.3) is 0 Å². The molecule has 0 spiro atoms. The van der Waals surface area contributed by atoms with Gasteiger partial charge in [0.15, 0.2) is 0 Å². The molecule has 3 heteroatoms. The van der Waals surface area contributed by atoms with E-state index in [1.165, 1.54) is 19.3 Å². The molecule has 1 fully saturated rings. The molecule has 1 nitrogen and oxygen atoms in total. The van der Waals surface area contributed by atoms with Gasteiger partial charge in [-0.25, -0.2) is 0 Å². The van der Waals surface area contributed by atoms with Crippen molar-refractivity contribution in [2.75, 3.05) is 5.32 Å². The lowest BCUT2D eigenvalue weighted by atomic mass is 9.80. The van der Waals surface area contributed by atoms with Crippen LogP contribution in [-0.4, -0.2) is 6.04 Å². The van der Waals surface area contributed by atoms with Crippen LogP contribution in [0.5, 0.6) is 0 Å². The third kappa shape index (κ3) is 3.08. The predicted octanol–water partition coefficient (Wildman–Crippen LogP) is 5.23. The van der Waals surface area contributed by atoms with E-state index in [1.54, 1.807) is 0 Å². The second-order valence-corrected chi connectivity index (χ2v) is 6.03. The molecule has 1 aliphatic carbocycles. The van der Waals surface area contributed by atoms with Crippen LogP contribution < -0.4 is 5.32 Å². The fourth-order valence-electron chi connectivity index (χ4n) is 2.55. The van der Waals surface area contributed by atoms with Gasteiger partial charge in [0.1, 0.15) is 0 Å². The molecular formula is C14H19Cl2N. The highest BCUT2D eigenvalue weighted by atomic mass is 35.5. The van der Waals surface area contributed by atoms with Gasteiger partial charge in [0.05, 0.1) is 15.7 Å². The van der Waals surface area contributed by atoms with Crippen LogP contribution in [-0.2, 0) is 0 Å². The molecule has 3 unspecified atom stereocenters. The zero-order valence-corrected chi connectivity index (χ0v) is 11.9. The maximum absolute atomic E-state index is 6.20. The smallest absolute Gasteiger partial charge is 0.0823 e. The molecule has 3 atom stereocenters. The largest absolute Gasteiger partial charge is 0.381 e. The Kier molecular flexibility index (Phi) is 4.22. The van der Waals surface area contributed by atoms with Gasteiger partial charge >= 0.3 is 0 Å². The zero-order valence-electron chi connectivity index (χ0n) is 10.3. The molecule has 0 heterocycles. The quantitative estimate of drug-likeness (QED) is 0.777. The van der Waals surface area contributed by atoms with Crippen LogP contribution in [0.2, 0.25) is 10.0 Å². The minimum atomic E-state index is 0.509. The summed E-state index contributed by atoms with van der Waals surface area (Å²) >= 11 is 12.2. The van der Waals surface area contributed by atoms with E-state index < -0.39 is 0 Å². The maximum Gasteiger partial charge on any atom is 0.0823 e. The molecule has 1 aliphatic rings. The summed E-state index contributed by atoms with van der Waals surface area (Å²) in [6.45, 7) is 4.63. The van der Waals surface area contributed by atoms with Crippen molar-refractivity contribution < 1.29 is 0 Å². The van der Waals surface area contributed by atoms with Gasteiger partial charge in [-0.1, -0.05) is 49.5 Å². The Hall–Kier alpha value is -0.400. The summed E-state index contributed by atoms with van der Waals surface area (Å²) in [5.41, 5.74) is 0.963. The van der Waals surface area contributed by atoms with E-state index >= 15 is 0 Å². The highest BCUT2D eigenvalue weighted by Crippen LogP contribution is 2.34. The Balaban J connectivity index is 2.11. The minimum Gasteiger partial charge on any atom is -0.381 e. The van der Waals surface area contributed by atoms with Gasteiger partial charge in [0.2, 0.25) is 0 Å². The number of hydrogen-bond donors (Lipinski definition) is 1. The highest BCUT2D eigenvalue weighted by molar-refractivity contribution is 6.43. The van der Waals surface area contributed by atoms with Crippen molar-refractivity contribution in [2.45, 2.75) is 39.2 Å². The van der Waals surface area contributed by atoms with Crippen LogP contribution in [0, 0.1) is 11.8 Å². The van der Waals surface area contributed by atoms with Gasteiger partial charge in [-0.3, -0.25) is 0 Å². The van der Waals surface area contributed by atoms with Gasteiger partial charge < -0.3 is 5.32 Å². The number of anilines is 1. The van der Waals surface area contributed by atoms with Crippen molar-refractivity contribution in [2.24, 2.45) is 11.8 Å². The number of rotatable bonds is 2. The molecule has 0 radical (unpaired) electrons. The normalized spacial score (nSPS) is 29.1. The molecule has 0 aromatic heterocycles. The van der Waals surface area contributed by atoms with E-state index in [0.717, 1.165) is 11.6 Å². The summed E-state index contributed by atoms with van der Waals surface area (Å²) in [6.07, 6.45) is 3.84. The summed E-state index contributed by atoms with van der Waals surface area (Å²) in [6, 6.07) is 6.27. The van der Waals surface area contributed by atoms with Crippen molar-refractivity contribution in [3.05, 3.63) is 28.2 Å². The fraction of sp³-hybridized carbons (Fsp3) is 0.571. The fourth-order valence-corrected chi connectivity index (χ4v) is 2.90. The number of nitrogens with one attached hydrogen (secondary N) is 1. The van der Waals surface area contributed by atoms with E-state index in [0.29, 0.717) is 22.0 Å². The highest BCUT2D eigenvalue weighted by Gasteiger charge is 2.25. The van der Waals surface area contributed by atoms with Crippen LogP contribution in [0.15, 0.2) is 18.2 Å². The van der Waals surface area contributed by atoms with E-state index in [2.05, 4.69) is 19.2 Å². The lowest BCUT2D eigenvalue weighted by Crippen LogP contribution is -2.33. The SMILES string of the molecule is CC1CCC(C)C(Nc2cccc(Cl)c2Cl)C1. The number of benzene rings is 1. The van der Waals surface area contributed by atoms with Crippen LogP contribution in [0.1, 0.15) is 33.1 Å². The van der Waals surface area contributed by atoms with Crippen molar-refractivity contribution in [3.8, 4) is 0 Å². The van der Waals surface area contributed by atoms with Crippen molar-refractivity contribution in [1.82, 2.24) is 0 Å². The van der Waals surface area contributed by atoms with Gasteiger partial charge in [-0.2, -0.15) is 0 Å². The molecular weight excluding hydrogens is 253 g/mol. The van der Waals surface area contributed by atoms with E-state index in [9.17, 15) is 0 Å². The van der Waals surface area contributed by atoms with Crippen LogP contribution >= 0.6 is 23.2 Å². The van der Waals surface area contributed by atoms with E-state index in [4.69, 9.17) is 23.2 Å². The number of halogens is 2. The third-order valence-electron chi connectivity index (χ3n) is 3.75. The molecule has 0 saturated heterocycles. The summed E-state index contributed by atoms with van der Waals surface area (Å²) in [4.78, 5) is 0. The lowest BCUT2D eigenvalue weighted by molar-refractivity contribution is 0.281. The molecule has 94 valence electrons. The Bertz CT molecular complexity index is 392. The van der Waals surface area contributed by atoms with Gasteiger partial charge in [-0.05, 0) is 36.8 Å². The first-order chi connectivity index (χ1) is 8.08. The van der Waals surface area contributed by atoms with Gasteiger partial charge in [0, 0.05) is 6.04 Å². The predicted molar refractivity (Wildman–Crippen MR) is 76.1 cm³/mol.